The first-order chi connectivity index (χ1) is 8.19. The maximum atomic E-state index is 4.55. The fourth-order valence-electron chi connectivity index (χ4n) is 2.55. The molecule has 1 fully saturated rings. The van der Waals surface area contributed by atoms with Gasteiger partial charge in [0.05, 0.1) is 0 Å². The number of hydrogen-bond donors (Lipinski definition) is 1. The molecule has 2 heterocycles. The Morgan fingerprint density at radius 3 is 2.71 bits per heavy atom. The van der Waals surface area contributed by atoms with E-state index in [2.05, 4.69) is 20.2 Å². The van der Waals surface area contributed by atoms with E-state index in [1.54, 1.807) is 0 Å². The van der Waals surface area contributed by atoms with E-state index < -0.39 is 0 Å². The van der Waals surface area contributed by atoms with E-state index >= 15 is 0 Å². The second-order valence-corrected chi connectivity index (χ2v) is 4.96. The molecule has 1 N–H and O–H groups in total. The number of anilines is 1. The first-order valence-corrected chi connectivity index (χ1v) is 6.41. The lowest BCUT2D eigenvalue weighted by Gasteiger charge is -2.32. The zero-order chi connectivity index (χ0) is 12.3. The predicted octanol–water partition coefficient (Wildman–Crippen LogP) is 1.53. The molecule has 1 saturated heterocycles. The summed E-state index contributed by atoms with van der Waals surface area (Å²) >= 11 is 0. The topological polar surface area (TPSA) is 41.0 Å². The summed E-state index contributed by atoms with van der Waals surface area (Å²) in [5, 5.41) is 3.26. The van der Waals surface area contributed by atoms with Crippen LogP contribution in [0.1, 0.15) is 24.2 Å². The zero-order valence-electron chi connectivity index (χ0n) is 11.0. The Balaban J connectivity index is 2.10. The Labute approximate surface area is 103 Å². The van der Waals surface area contributed by atoms with Crippen LogP contribution in [0.5, 0.6) is 0 Å². The number of aromatic nitrogens is 2. The number of piperidine rings is 1. The van der Waals surface area contributed by atoms with Gasteiger partial charge in [0.15, 0.2) is 0 Å². The molecule has 1 unspecified atom stereocenters. The predicted molar refractivity (Wildman–Crippen MR) is 70.4 cm³/mol. The van der Waals surface area contributed by atoms with Gasteiger partial charge in [-0.2, -0.15) is 0 Å². The van der Waals surface area contributed by atoms with Crippen molar-refractivity contribution in [2.75, 3.05) is 31.6 Å². The number of hydrogen-bond acceptors (Lipinski definition) is 4. The third-order valence-corrected chi connectivity index (χ3v) is 3.27. The Bertz CT molecular complexity index is 355. The summed E-state index contributed by atoms with van der Waals surface area (Å²) in [6.45, 7) is 7.31. The second-order valence-electron chi connectivity index (χ2n) is 4.96. The van der Waals surface area contributed by atoms with Crippen LogP contribution < -0.4 is 10.2 Å². The molecular formula is C13H22N4. The van der Waals surface area contributed by atoms with E-state index in [1.165, 1.54) is 12.8 Å². The van der Waals surface area contributed by atoms with Gasteiger partial charge in [0.1, 0.15) is 0 Å². The van der Waals surface area contributed by atoms with E-state index in [9.17, 15) is 0 Å². The van der Waals surface area contributed by atoms with Crippen molar-refractivity contribution in [3.05, 3.63) is 17.5 Å². The molecule has 0 radical (unpaired) electrons. The first kappa shape index (κ1) is 12.3. The quantitative estimate of drug-likeness (QED) is 0.861. The zero-order valence-corrected chi connectivity index (χ0v) is 11.0. The van der Waals surface area contributed by atoms with Crippen molar-refractivity contribution >= 4 is 5.95 Å². The van der Waals surface area contributed by atoms with E-state index in [4.69, 9.17) is 0 Å². The van der Waals surface area contributed by atoms with Crippen LogP contribution in [-0.2, 0) is 0 Å². The smallest absolute Gasteiger partial charge is 0.225 e. The van der Waals surface area contributed by atoms with Crippen LogP contribution in [0.4, 0.5) is 5.95 Å². The molecule has 1 aliphatic heterocycles. The maximum Gasteiger partial charge on any atom is 0.225 e. The summed E-state index contributed by atoms with van der Waals surface area (Å²) in [6.07, 6.45) is 2.55. The van der Waals surface area contributed by atoms with Crippen molar-refractivity contribution in [3.63, 3.8) is 0 Å². The summed E-state index contributed by atoms with van der Waals surface area (Å²) in [4.78, 5) is 11.4. The van der Waals surface area contributed by atoms with Crippen LogP contribution in [0, 0.1) is 19.8 Å². The number of aryl methyl sites for hydroxylation is 2. The van der Waals surface area contributed by atoms with Gasteiger partial charge in [-0.1, -0.05) is 0 Å². The van der Waals surface area contributed by atoms with Crippen molar-refractivity contribution in [2.45, 2.75) is 26.7 Å². The van der Waals surface area contributed by atoms with Gasteiger partial charge < -0.3 is 10.2 Å². The maximum absolute atomic E-state index is 4.55. The molecule has 0 aromatic carbocycles. The fourth-order valence-corrected chi connectivity index (χ4v) is 2.55. The summed E-state index contributed by atoms with van der Waals surface area (Å²) in [5.74, 6) is 1.63. The monoisotopic (exact) mass is 234 g/mol. The summed E-state index contributed by atoms with van der Waals surface area (Å²) in [7, 11) is 2.02. The van der Waals surface area contributed by atoms with Gasteiger partial charge in [-0.05, 0) is 52.3 Å². The SMILES string of the molecule is CNCC1CCCN(c2nc(C)cc(C)n2)C1. The average molecular weight is 234 g/mol. The molecule has 4 heteroatoms. The van der Waals surface area contributed by atoms with Gasteiger partial charge in [-0.3, -0.25) is 0 Å². The molecule has 0 amide bonds. The standard InChI is InChI=1S/C13H22N4/c1-10-7-11(2)16-13(15-10)17-6-4-5-12(9-17)8-14-3/h7,12,14H,4-6,8-9H2,1-3H3. The van der Waals surface area contributed by atoms with E-state index in [-0.39, 0.29) is 0 Å². The van der Waals surface area contributed by atoms with E-state index in [1.807, 2.05) is 27.0 Å². The summed E-state index contributed by atoms with van der Waals surface area (Å²) in [6, 6.07) is 2.03. The van der Waals surface area contributed by atoms with Crippen LogP contribution in [0.25, 0.3) is 0 Å². The van der Waals surface area contributed by atoms with Gasteiger partial charge in [0.2, 0.25) is 5.95 Å². The van der Waals surface area contributed by atoms with Crippen molar-refractivity contribution in [3.8, 4) is 0 Å². The van der Waals surface area contributed by atoms with E-state index in [0.717, 1.165) is 42.9 Å². The molecule has 1 aromatic rings. The van der Waals surface area contributed by atoms with Crippen LogP contribution in [-0.4, -0.2) is 36.6 Å². The minimum atomic E-state index is 0.721. The second kappa shape index (κ2) is 5.45. The normalized spacial score (nSPS) is 20.6. The Morgan fingerprint density at radius 1 is 1.35 bits per heavy atom. The Morgan fingerprint density at radius 2 is 2.06 bits per heavy atom. The molecule has 0 saturated carbocycles. The summed E-state index contributed by atoms with van der Waals surface area (Å²) in [5.41, 5.74) is 2.12. The number of nitrogens with zero attached hydrogens (tertiary/aromatic N) is 3. The number of nitrogens with one attached hydrogen (secondary N) is 1. The lowest BCUT2D eigenvalue weighted by molar-refractivity contribution is 0.399. The highest BCUT2D eigenvalue weighted by atomic mass is 15.3. The Hall–Kier alpha value is -1.16. The molecule has 1 aliphatic rings. The third kappa shape index (κ3) is 3.16. The van der Waals surface area contributed by atoms with Crippen LogP contribution in [0.2, 0.25) is 0 Å². The third-order valence-electron chi connectivity index (χ3n) is 3.27. The average Bonchev–Trinajstić information content (AvgIpc) is 2.28. The van der Waals surface area contributed by atoms with Crippen molar-refractivity contribution < 1.29 is 0 Å². The highest BCUT2D eigenvalue weighted by Gasteiger charge is 2.21. The minimum Gasteiger partial charge on any atom is -0.340 e. The van der Waals surface area contributed by atoms with Crippen LogP contribution in [0.3, 0.4) is 0 Å². The van der Waals surface area contributed by atoms with Gasteiger partial charge >= 0.3 is 0 Å². The molecule has 0 bridgehead atoms. The van der Waals surface area contributed by atoms with Gasteiger partial charge in [0.25, 0.3) is 0 Å². The van der Waals surface area contributed by atoms with Crippen LogP contribution in [0.15, 0.2) is 6.07 Å². The summed E-state index contributed by atoms with van der Waals surface area (Å²) < 4.78 is 0. The molecule has 0 spiro atoms. The molecule has 0 aliphatic carbocycles. The molecule has 1 atom stereocenters. The molecule has 94 valence electrons. The lowest BCUT2D eigenvalue weighted by atomic mass is 9.98. The molecular weight excluding hydrogens is 212 g/mol. The minimum absolute atomic E-state index is 0.721. The van der Waals surface area contributed by atoms with Crippen molar-refractivity contribution in [1.29, 1.82) is 0 Å². The van der Waals surface area contributed by atoms with Gasteiger partial charge in [0, 0.05) is 24.5 Å². The highest BCUT2D eigenvalue weighted by molar-refractivity contribution is 5.32. The van der Waals surface area contributed by atoms with Crippen molar-refractivity contribution in [1.82, 2.24) is 15.3 Å². The molecule has 17 heavy (non-hydrogen) atoms. The molecule has 1 aromatic heterocycles. The van der Waals surface area contributed by atoms with E-state index in [0.29, 0.717) is 0 Å². The van der Waals surface area contributed by atoms with Crippen LogP contribution >= 0.6 is 0 Å². The van der Waals surface area contributed by atoms with Gasteiger partial charge in [-0.15, -0.1) is 0 Å². The van der Waals surface area contributed by atoms with Gasteiger partial charge in [-0.25, -0.2) is 9.97 Å². The fraction of sp³-hybridized carbons (Fsp3) is 0.692. The Kier molecular flexibility index (Phi) is 3.94. The van der Waals surface area contributed by atoms with Crippen molar-refractivity contribution in [2.24, 2.45) is 5.92 Å². The number of rotatable bonds is 3. The molecule has 4 nitrogen and oxygen atoms in total. The lowest BCUT2D eigenvalue weighted by Crippen LogP contribution is -2.40. The highest BCUT2D eigenvalue weighted by Crippen LogP contribution is 2.20. The molecule has 2 rings (SSSR count). The largest absolute Gasteiger partial charge is 0.340 e. The first-order valence-electron chi connectivity index (χ1n) is 6.41.